The number of likely N-dealkylation sites (N-methyl/N-ethyl adjacent to an activating group) is 1. The molecular formula is C21H35N5O. The molecule has 150 valence electrons. The van der Waals surface area contributed by atoms with Gasteiger partial charge in [0.2, 0.25) is 0 Å². The van der Waals surface area contributed by atoms with Crippen molar-refractivity contribution in [1.29, 1.82) is 0 Å². The van der Waals surface area contributed by atoms with Gasteiger partial charge in [-0.3, -0.25) is 4.99 Å². The molecule has 27 heavy (non-hydrogen) atoms. The smallest absolute Gasteiger partial charge is 0.191 e. The van der Waals surface area contributed by atoms with E-state index in [2.05, 4.69) is 63.9 Å². The van der Waals surface area contributed by atoms with E-state index >= 15 is 0 Å². The molecule has 0 unspecified atom stereocenters. The highest BCUT2D eigenvalue weighted by molar-refractivity contribution is 5.86. The van der Waals surface area contributed by atoms with Gasteiger partial charge in [-0.2, -0.15) is 0 Å². The molecule has 1 heterocycles. The van der Waals surface area contributed by atoms with E-state index in [0.717, 1.165) is 58.0 Å². The highest BCUT2D eigenvalue weighted by Gasteiger charge is 2.07. The number of rotatable bonds is 11. The first-order valence-electron chi connectivity index (χ1n) is 9.89. The van der Waals surface area contributed by atoms with Crippen molar-refractivity contribution in [3.05, 3.63) is 35.5 Å². The molecule has 2 rings (SSSR count). The first kappa shape index (κ1) is 21.3. The van der Waals surface area contributed by atoms with Crippen molar-refractivity contribution >= 4 is 16.9 Å². The van der Waals surface area contributed by atoms with E-state index in [0.29, 0.717) is 0 Å². The molecule has 0 spiro atoms. The summed E-state index contributed by atoms with van der Waals surface area (Å²) in [6.07, 6.45) is 5.21. The van der Waals surface area contributed by atoms with Gasteiger partial charge in [-0.25, -0.2) is 0 Å². The van der Waals surface area contributed by atoms with Crippen LogP contribution in [0.1, 0.15) is 24.5 Å². The molecule has 0 bridgehead atoms. The molecule has 6 nitrogen and oxygen atoms in total. The van der Waals surface area contributed by atoms with Crippen molar-refractivity contribution in [2.75, 3.05) is 54.0 Å². The van der Waals surface area contributed by atoms with E-state index in [4.69, 9.17) is 4.74 Å². The largest absolute Gasteiger partial charge is 0.385 e. The topological polar surface area (TPSA) is 64.7 Å². The lowest BCUT2D eigenvalue weighted by molar-refractivity contribution is 0.180. The SMILES string of the molecule is CCc1cccc2c(CCNC(=NC)NCCN(C)CCCOC)c[nH]c12. The van der Waals surface area contributed by atoms with E-state index in [-0.39, 0.29) is 0 Å². The van der Waals surface area contributed by atoms with Gasteiger partial charge in [0.05, 0.1) is 0 Å². The third-order valence-electron chi connectivity index (χ3n) is 4.85. The summed E-state index contributed by atoms with van der Waals surface area (Å²) in [5, 5.41) is 8.13. The molecule has 0 saturated carbocycles. The molecule has 0 aliphatic heterocycles. The van der Waals surface area contributed by atoms with Crippen LogP contribution in [0.15, 0.2) is 29.4 Å². The number of fused-ring (bicyclic) bond motifs is 1. The molecule has 0 aliphatic rings. The van der Waals surface area contributed by atoms with Gasteiger partial charge in [0.25, 0.3) is 0 Å². The molecule has 0 saturated heterocycles. The van der Waals surface area contributed by atoms with Crippen molar-refractivity contribution in [1.82, 2.24) is 20.5 Å². The Kier molecular flexibility index (Phi) is 9.15. The molecule has 2 aromatic rings. The van der Waals surface area contributed by atoms with E-state index < -0.39 is 0 Å². The highest BCUT2D eigenvalue weighted by Crippen LogP contribution is 2.22. The minimum absolute atomic E-state index is 0.814. The molecule has 1 aromatic heterocycles. The fraction of sp³-hybridized carbons (Fsp3) is 0.571. The fourth-order valence-corrected chi connectivity index (χ4v) is 3.27. The lowest BCUT2D eigenvalue weighted by atomic mass is 10.1. The van der Waals surface area contributed by atoms with E-state index in [1.807, 2.05) is 7.05 Å². The van der Waals surface area contributed by atoms with Crippen molar-refractivity contribution < 1.29 is 4.74 Å². The Hall–Kier alpha value is -2.05. The zero-order valence-corrected chi connectivity index (χ0v) is 17.3. The average Bonchev–Trinajstić information content (AvgIpc) is 3.10. The number of benzene rings is 1. The minimum atomic E-state index is 0.814. The standard InChI is InChI=1S/C21H35N5O/c1-5-17-8-6-9-19-18(16-25-20(17)19)10-11-23-21(22-2)24-12-14-26(3)13-7-15-27-4/h6,8-9,16,25H,5,7,10-15H2,1-4H3,(H2,22,23,24). The summed E-state index contributed by atoms with van der Waals surface area (Å²) in [5.74, 6) is 0.856. The van der Waals surface area contributed by atoms with Crippen LogP contribution in [-0.4, -0.2) is 69.8 Å². The second-order valence-electron chi connectivity index (χ2n) is 6.83. The first-order chi connectivity index (χ1) is 13.2. The number of nitrogens with one attached hydrogen (secondary N) is 3. The van der Waals surface area contributed by atoms with Gasteiger partial charge < -0.3 is 25.3 Å². The molecule has 0 atom stereocenters. The first-order valence-corrected chi connectivity index (χ1v) is 9.89. The van der Waals surface area contributed by atoms with Gasteiger partial charge in [0.15, 0.2) is 5.96 Å². The number of aryl methyl sites for hydroxylation is 1. The van der Waals surface area contributed by atoms with Crippen LogP contribution >= 0.6 is 0 Å². The lowest BCUT2D eigenvalue weighted by Crippen LogP contribution is -2.41. The number of para-hydroxylation sites is 1. The van der Waals surface area contributed by atoms with Crippen molar-refractivity contribution in [3.8, 4) is 0 Å². The summed E-state index contributed by atoms with van der Waals surface area (Å²) in [4.78, 5) is 10.1. The van der Waals surface area contributed by atoms with Gasteiger partial charge in [-0.05, 0) is 37.4 Å². The van der Waals surface area contributed by atoms with Crippen molar-refractivity contribution in [2.45, 2.75) is 26.2 Å². The van der Waals surface area contributed by atoms with E-state index in [9.17, 15) is 0 Å². The van der Waals surface area contributed by atoms with Gasteiger partial charge >= 0.3 is 0 Å². The van der Waals surface area contributed by atoms with Crippen LogP contribution in [0.4, 0.5) is 0 Å². The number of aromatic amines is 1. The fourth-order valence-electron chi connectivity index (χ4n) is 3.27. The summed E-state index contributed by atoms with van der Waals surface area (Å²) in [6.45, 7) is 6.76. The van der Waals surface area contributed by atoms with Crippen LogP contribution in [0.3, 0.4) is 0 Å². The zero-order chi connectivity index (χ0) is 19.5. The number of H-pyrrole nitrogens is 1. The molecule has 0 amide bonds. The monoisotopic (exact) mass is 373 g/mol. The van der Waals surface area contributed by atoms with Crippen LogP contribution in [-0.2, 0) is 17.6 Å². The Bertz CT molecular complexity index is 710. The summed E-state index contributed by atoms with van der Waals surface area (Å²) >= 11 is 0. The Balaban J connectivity index is 1.74. The molecule has 0 fully saturated rings. The Morgan fingerprint density at radius 3 is 2.74 bits per heavy atom. The van der Waals surface area contributed by atoms with Crippen LogP contribution < -0.4 is 10.6 Å². The predicted octanol–water partition coefficient (Wildman–Crippen LogP) is 2.41. The van der Waals surface area contributed by atoms with E-state index in [1.165, 1.54) is 22.0 Å². The lowest BCUT2D eigenvalue weighted by Gasteiger charge is -2.18. The molecule has 3 N–H and O–H groups in total. The highest BCUT2D eigenvalue weighted by atomic mass is 16.5. The summed E-state index contributed by atoms with van der Waals surface area (Å²) < 4.78 is 5.09. The van der Waals surface area contributed by atoms with Crippen LogP contribution in [0.25, 0.3) is 10.9 Å². The quantitative estimate of drug-likeness (QED) is 0.322. The van der Waals surface area contributed by atoms with Crippen LogP contribution in [0.5, 0.6) is 0 Å². The summed E-state index contributed by atoms with van der Waals surface area (Å²) in [6, 6.07) is 6.54. The number of aromatic nitrogens is 1. The molecule has 0 radical (unpaired) electrons. The minimum Gasteiger partial charge on any atom is -0.385 e. The normalized spacial score (nSPS) is 12.1. The number of hydrogen-bond donors (Lipinski definition) is 3. The summed E-state index contributed by atoms with van der Waals surface area (Å²) in [7, 11) is 5.70. The second kappa shape index (κ2) is 11.6. The Morgan fingerprint density at radius 1 is 1.19 bits per heavy atom. The van der Waals surface area contributed by atoms with Gasteiger partial charge in [0.1, 0.15) is 0 Å². The number of hydrogen-bond acceptors (Lipinski definition) is 3. The molecular weight excluding hydrogens is 338 g/mol. The maximum atomic E-state index is 5.09. The van der Waals surface area contributed by atoms with Gasteiger partial charge in [-0.1, -0.05) is 25.1 Å². The van der Waals surface area contributed by atoms with Gasteiger partial charge in [-0.15, -0.1) is 0 Å². The van der Waals surface area contributed by atoms with Crippen LogP contribution in [0.2, 0.25) is 0 Å². The number of nitrogens with zero attached hydrogens (tertiary/aromatic N) is 2. The van der Waals surface area contributed by atoms with Gasteiger partial charge in [0, 0.05) is 64.0 Å². The molecule has 0 aliphatic carbocycles. The zero-order valence-electron chi connectivity index (χ0n) is 17.3. The summed E-state index contributed by atoms with van der Waals surface area (Å²) in [5.41, 5.74) is 3.99. The van der Waals surface area contributed by atoms with Crippen molar-refractivity contribution in [2.24, 2.45) is 4.99 Å². The number of methoxy groups -OCH3 is 1. The predicted molar refractivity (Wildman–Crippen MR) is 115 cm³/mol. The van der Waals surface area contributed by atoms with Crippen LogP contribution in [0, 0.1) is 0 Å². The Labute approximate surface area is 163 Å². The number of aliphatic imine (C=N–C) groups is 1. The second-order valence-corrected chi connectivity index (χ2v) is 6.83. The molecule has 6 heteroatoms. The van der Waals surface area contributed by atoms with E-state index in [1.54, 1.807) is 7.11 Å². The van der Waals surface area contributed by atoms with Crippen molar-refractivity contribution in [3.63, 3.8) is 0 Å². The average molecular weight is 374 g/mol. The number of guanidine groups is 1. The third kappa shape index (κ3) is 6.56. The number of ether oxygens (including phenoxy) is 1. The Morgan fingerprint density at radius 2 is 2.00 bits per heavy atom. The maximum Gasteiger partial charge on any atom is 0.191 e. The third-order valence-corrected chi connectivity index (χ3v) is 4.85. The molecule has 1 aromatic carbocycles. The maximum absolute atomic E-state index is 5.09.